The smallest absolute Gasteiger partial charge is 0.260 e. The van der Waals surface area contributed by atoms with E-state index in [0.29, 0.717) is 21.6 Å². The summed E-state index contributed by atoms with van der Waals surface area (Å²) in [5.74, 6) is -0.665. The molecular weight excluding hydrogens is 286 g/mol. The molecule has 0 atom stereocenters. The van der Waals surface area contributed by atoms with Crippen LogP contribution in [0.25, 0.3) is 0 Å². The molecular formula is C16H13NO3S. The summed E-state index contributed by atoms with van der Waals surface area (Å²) in [6.45, 7) is 1.94. The third kappa shape index (κ3) is 2.29. The molecule has 4 nitrogen and oxygen atoms in total. The Bertz CT molecular complexity index is 776. The van der Waals surface area contributed by atoms with Crippen LogP contribution in [0.3, 0.4) is 0 Å². The number of amides is 2. The van der Waals surface area contributed by atoms with Crippen molar-refractivity contribution < 1.29 is 14.4 Å². The van der Waals surface area contributed by atoms with Crippen molar-refractivity contribution in [1.82, 2.24) is 4.90 Å². The number of thiophene rings is 1. The first-order valence-electron chi connectivity index (χ1n) is 6.52. The fourth-order valence-corrected chi connectivity index (χ4v) is 3.17. The number of likely N-dealkylation sites (N-methyl/N-ethyl adjacent to an activating group) is 1. The summed E-state index contributed by atoms with van der Waals surface area (Å²) in [5.41, 5.74) is 1.60. The molecule has 0 bridgehead atoms. The maximum absolute atomic E-state index is 12.4. The van der Waals surface area contributed by atoms with Crippen molar-refractivity contribution in [2.75, 3.05) is 7.05 Å². The van der Waals surface area contributed by atoms with Gasteiger partial charge in [-0.05, 0) is 30.7 Å². The van der Waals surface area contributed by atoms with Gasteiger partial charge in [-0.25, -0.2) is 0 Å². The molecule has 2 amide bonds. The molecule has 5 heteroatoms. The van der Waals surface area contributed by atoms with E-state index in [4.69, 9.17) is 0 Å². The maximum Gasteiger partial charge on any atom is 0.260 e. The van der Waals surface area contributed by atoms with Crippen LogP contribution in [0.1, 0.15) is 36.0 Å². The number of benzene rings is 1. The number of carbonyl (C=O) groups excluding carboxylic acids is 3. The van der Waals surface area contributed by atoms with Crippen molar-refractivity contribution in [3.8, 4) is 0 Å². The summed E-state index contributed by atoms with van der Waals surface area (Å²) in [5, 5.41) is 0. The Morgan fingerprint density at radius 1 is 1.19 bits per heavy atom. The average Bonchev–Trinajstić information content (AvgIpc) is 2.90. The number of fused-ring (bicyclic) bond motifs is 1. The highest BCUT2D eigenvalue weighted by molar-refractivity contribution is 7.14. The lowest BCUT2D eigenvalue weighted by Gasteiger charge is -2.23. The molecule has 2 heterocycles. The van der Waals surface area contributed by atoms with Crippen LogP contribution >= 0.6 is 11.3 Å². The van der Waals surface area contributed by atoms with Gasteiger partial charge in [0.15, 0.2) is 0 Å². The largest absolute Gasteiger partial charge is 0.288 e. The minimum atomic E-state index is -0.349. The van der Waals surface area contributed by atoms with Gasteiger partial charge in [-0.15, -0.1) is 11.3 Å². The number of nitrogens with zero attached hydrogens (tertiary/aromatic N) is 1. The molecule has 0 N–H and O–H groups in total. The van der Waals surface area contributed by atoms with Gasteiger partial charge in [0.2, 0.25) is 11.7 Å². The minimum Gasteiger partial charge on any atom is -0.288 e. The Balaban J connectivity index is 2.02. The molecule has 0 spiro atoms. The van der Waals surface area contributed by atoms with Crippen LogP contribution in [0.15, 0.2) is 30.3 Å². The zero-order chi connectivity index (χ0) is 15.1. The SMILES string of the molecule is Cc1ccc(C(=O)c2ccc3c(c2)C(=O)N(C)C(=O)C3)s1. The monoisotopic (exact) mass is 299 g/mol. The number of imide groups is 1. The topological polar surface area (TPSA) is 54.5 Å². The standard InChI is InChI=1S/C16H13NO3S/c1-9-3-6-13(21-9)15(19)11-5-4-10-8-14(18)17(2)16(20)12(10)7-11/h3-7H,8H2,1-2H3. The molecule has 21 heavy (non-hydrogen) atoms. The number of ketones is 1. The Hall–Kier alpha value is -2.27. The predicted octanol–water partition coefficient (Wildman–Crippen LogP) is 2.44. The number of rotatable bonds is 2. The number of hydrogen-bond acceptors (Lipinski definition) is 4. The van der Waals surface area contributed by atoms with Crippen molar-refractivity contribution in [2.24, 2.45) is 0 Å². The number of aryl methyl sites for hydroxylation is 1. The molecule has 0 radical (unpaired) electrons. The Morgan fingerprint density at radius 2 is 1.95 bits per heavy atom. The van der Waals surface area contributed by atoms with E-state index >= 15 is 0 Å². The lowest BCUT2D eigenvalue weighted by Crippen LogP contribution is -2.39. The summed E-state index contributed by atoms with van der Waals surface area (Å²) in [4.78, 5) is 39.0. The second-order valence-electron chi connectivity index (χ2n) is 5.05. The zero-order valence-corrected chi connectivity index (χ0v) is 12.5. The maximum atomic E-state index is 12.4. The van der Waals surface area contributed by atoms with Crippen LogP contribution in [0, 0.1) is 6.92 Å². The summed E-state index contributed by atoms with van der Waals surface area (Å²) in [6.07, 6.45) is 0.199. The van der Waals surface area contributed by atoms with E-state index in [1.54, 1.807) is 24.3 Å². The second kappa shape index (κ2) is 4.93. The van der Waals surface area contributed by atoms with E-state index < -0.39 is 0 Å². The van der Waals surface area contributed by atoms with Crippen molar-refractivity contribution >= 4 is 28.9 Å². The first-order valence-corrected chi connectivity index (χ1v) is 7.34. The zero-order valence-electron chi connectivity index (χ0n) is 11.7. The highest BCUT2D eigenvalue weighted by Gasteiger charge is 2.28. The van der Waals surface area contributed by atoms with Gasteiger partial charge in [-0.2, -0.15) is 0 Å². The van der Waals surface area contributed by atoms with Gasteiger partial charge in [0.05, 0.1) is 11.3 Å². The Morgan fingerprint density at radius 3 is 2.62 bits per heavy atom. The summed E-state index contributed by atoms with van der Waals surface area (Å²) >= 11 is 1.43. The molecule has 0 saturated carbocycles. The van der Waals surface area contributed by atoms with Crippen LogP contribution in [-0.2, 0) is 11.2 Å². The number of carbonyl (C=O) groups is 3. The van der Waals surface area contributed by atoms with E-state index in [-0.39, 0.29) is 24.0 Å². The van der Waals surface area contributed by atoms with Gasteiger partial charge in [0.25, 0.3) is 5.91 Å². The van der Waals surface area contributed by atoms with E-state index in [2.05, 4.69) is 0 Å². The van der Waals surface area contributed by atoms with Crippen LogP contribution in [0.4, 0.5) is 0 Å². The molecule has 2 aromatic rings. The van der Waals surface area contributed by atoms with E-state index in [1.165, 1.54) is 18.4 Å². The average molecular weight is 299 g/mol. The summed E-state index contributed by atoms with van der Waals surface area (Å²) in [7, 11) is 1.46. The first kappa shape index (κ1) is 13.7. The third-order valence-corrected chi connectivity index (χ3v) is 4.59. The van der Waals surface area contributed by atoms with Crippen molar-refractivity contribution in [3.63, 3.8) is 0 Å². The van der Waals surface area contributed by atoms with Gasteiger partial charge in [-0.3, -0.25) is 19.3 Å². The quantitative estimate of drug-likeness (QED) is 0.632. The highest BCUT2D eigenvalue weighted by atomic mass is 32.1. The molecule has 0 unspecified atom stereocenters. The Labute approximate surface area is 126 Å². The molecule has 1 aliphatic heterocycles. The van der Waals surface area contributed by atoms with Gasteiger partial charge >= 0.3 is 0 Å². The van der Waals surface area contributed by atoms with Crippen LogP contribution in [-0.4, -0.2) is 29.5 Å². The lowest BCUT2D eigenvalue weighted by atomic mass is 9.95. The molecule has 3 rings (SSSR count). The molecule has 1 aromatic heterocycles. The van der Waals surface area contributed by atoms with Crippen LogP contribution in [0.5, 0.6) is 0 Å². The van der Waals surface area contributed by atoms with Crippen molar-refractivity contribution in [3.05, 3.63) is 56.8 Å². The van der Waals surface area contributed by atoms with E-state index in [9.17, 15) is 14.4 Å². The molecule has 1 aromatic carbocycles. The normalized spacial score (nSPS) is 14.3. The van der Waals surface area contributed by atoms with Crippen LogP contribution in [0.2, 0.25) is 0 Å². The fourth-order valence-electron chi connectivity index (χ4n) is 2.35. The summed E-state index contributed by atoms with van der Waals surface area (Å²) < 4.78 is 0. The molecule has 0 aliphatic carbocycles. The third-order valence-electron chi connectivity index (χ3n) is 3.59. The van der Waals surface area contributed by atoms with Crippen molar-refractivity contribution in [2.45, 2.75) is 13.3 Å². The minimum absolute atomic E-state index is 0.0942. The van der Waals surface area contributed by atoms with E-state index in [1.807, 2.05) is 13.0 Å². The fraction of sp³-hybridized carbons (Fsp3) is 0.188. The van der Waals surface area contributed by atoms with Crippen LogP contribution < -0.4 is 0 Å². The lowest BCUT2D eigenvalue weighted by molar-refractivity contribution is -0.127. The predicted molar refractivity (Wildman–Crippen MR) is 79.7 cm³/mol. The highest BCUT2D eigenvalue weighted by Crippen LogP contribution is 2.24. The molecule has 0 saturated heterocycles. The van der Waals surface area contributed by atoms with Gasteiger partial charge in [0, 0.05) is 23.1 Å². The van der Waals surface area contributed by atoms with Gasteiger partial charge < -0.3 is 0 Å². The first-order chi connectivity index (χ1) is 9.97. The Kier molecular flexibility index (Phi) is 3.22. The molecule has 0 fully saturated rings. The van der Waals surface area contributed by atoms with Gasteiger partial charge in [-0.1, -0.05) is 12.1 Å². The molecule has 1 aliphatic rings. The van der Waals surface area contributed by atoms with E-state index in [0.717, 1.165) is 9.78 Å². The van der Waals surface area contributed by atoms with Gasteiger partial charge in [0.1, 0.15) is 0 Å². The number of hydrogen-bond donors (Lipinski definition) is 0. The summed E-state index contributed by atoms with van der Waals surface area (Å²) in [6, 6.07) is 8.67. The second-order valence-corrected chi connectivity index (χ2v) is 6.33. The van der Waals surface area contributed by atoms with Crippen molar-refractivity contribution in [1.29, 1.82) is 0 Å². The molecule has 106 valence electrons.